The summed E-state index contributed by atoms with van der Waals surface area (Å²) in [6, 6.07) is 12.9. The molecule has 0 aliphatic carbocycles. The highest BCUT2D eigenvalue weighted by molar-refractivity contribution is 5.38. The van der Waals surface area contributed by atoms with Crippen LogP contribution in [0.15, 0.2) is 42.5 Å². The SMILES string of the molecule is CCC(C)(C)c1ccc(C(N)c2cc(F)ccc2C)cc1. The Labute approximate surface area is 127 Å². The van der Waals surface area contributed by atoms with Crippen LogP contribution < -0.4 is 5.73 Å². The lowest BCUT2D eigenvalue weighted by molar-refractivity contribution is 0.506. The second-order valence-electron chi connectivity index (χ2n) is 6.34. The molecule has 0 spiro atoms. The van der Waals surface area contributed by atoms with Gasteiger partial charge in [-0.3, -0.25) is 0 Å². The fraction of sp³-hybridized carbons (Fsp3) is 0.368. The van der Waals surface area contributed by atoms with E-state index >= 15 is 0 Å². The Hall–Kier alpha value is -1.67. The standard InChI is InChI=1S/C19H24FN/c1-5-19(3,4)15-9-7-14(8-10-15)18(21)17-12-16(20)11-6-13(17)2/h6-12,18H,5,21H2,1-4H3. The molecule has 0 bridgehead atoms. The zero-order valence-corrected chi connectivity index (χ0v) is 13.3. The highest BCUT2D eigenvalue weighted by atomic mass is 19.1. The number of hydrogen-bond donors (Lipinski definition) is 1. The van der Waals surface area contributed by atoms with E-state index in [-0.39, 0.29) is 17.3 Å². The molecule has 0 aliphatic heterocycles. The third kappa shape index (κ3) is 3.33. The summed E-state index contributed by atoms with van der Waals surface area (Å²) in [7, 11) is 0. The second kappa shape index (κ2) is 5.98. The minimum Gasteiger partial charge on any atom is -0.320 e. The van der Waals surface area contributed by atoms with E-state index in [9.17, 15) is 4.39 Å². The summed E-state index contributed by atoms with van der Waals surface area (Å²) >= 11 is 0. The van der Waals surface area contributed by atoms with Gasteiger partial charge in [0.25, 0.3) is 0 Å². The Bertz CT molecular complexity index is 614. The molecule has 2 rings (SSSR count). The Morgan fingerprint density at radius 3 is 2.29 bits per heavy atom. The zero-order valence-electron chi connectivity index (χ0n) is 13.3. The molecule has 0 fully saturated rings. The van der Waals surface area contributed by atoms with Gasteiger partial charge in [0, 0.05) is 0 Å². The first kappa shape index (κ1) is 15.7. The highest BCUT2D eigenvalue weighted by Crippen LogP contribution is 2.29. The van der Waals surface area contributed by atoms with E-state index in [2.05, 4.69) is 45.0 Å². The van der Waals surface area contributed by atoms with Crippen LogP contribution in [0.3, 0.4) is 0 Å². The molecule has 0 aromatic heterocycles. The highest BCUT2D eigenvalue weighted by Gasteiger charge is 2.19. The Morgan fingerprint density at radius 1 is 1.10 bits per heavy atom. The molecule has 0 amide bonds. The van der Waals surface area contributed by atoms with E-state index in [0.717, 1.165) is 23.1 Å². The van der Waals surface area contributed by atoms with Gasteiger partial charge in [-0.25, -0.2) is 4.39 Å². The number of nitrogens with two attached hydrogens (primary N) is 1. The molecule has 21 heavy (non-hydrogen) atoms. The average Bonchev–Trinajstić information content (AvgIpc) is 2.49. The molecule has 2 aromatic rings. The summed E-state index contributed by atoms with van der Waals surface area (Å²) in [5.41, 5.74) is 10.7. The molecule has 0 heterocycles. The largest absolute Gasteiger partial charge is 0.320 e. The van der Waals surface area contributed by atoms with Crippen LogP contribution in [0, 0.1) is 12.7 Å². The molecule has 1 atom stereocenters. The summed E-state index contributed by atoms with van der Waals surface area (Å²) in [6.07, 6.45) is 1.08. The number of benzene rings is 2. The van der Waals surface area contributed by atoms with Crippen LogP contribution in [-0.2, 0) is 5.41 Å². The molecule has 2 aromatic carbocycles. The van der Waals surface area contributed by atoms with Gasteiger partial charge in [0.05, 0.1) is 6.04 Å². The summed E-state index contributed by atoms with van der Waals surface area (Å²) in [5, 5.41) is 0. The fourth-order valence-electron chi connectivity index (χ4n) is 2.47. The molecule has 2 N–H and O–H groups in total. The summed E-state index contributed by atoms with van der Waals surface area (Å²) < 4.78 is 13.4. The van der Waals surface area contributed by atoms with Crippen LogP contribution in [-0.4, -0.2) is 0 Å². The minimum atomic E-state index is -0.292. The minimum absolute atomic E-state index is 0.164. The van der Waals surface area contributed by atoms with E-state index < -0.39 is 0 Å². The van der Waals surface area contributed by atoms with E-state index in [1.807, 2.05) is 6.92 Å². The molecule has 0 aliphatic rings. The van der Waals surface area contributed by atoms with Crippen molar-refractivity contribution in [3.05, 3.63) is 70.5 Å². The van der Waals surface area contributed by atoms with E-state index in [1.165, 1.54) is 17.7 Å². The van der Waals surface area contributed by atoms with Crippen LogP contribution in [0.4, 0.5) is 4.39 Å². The van der Waals surface area contributed by atoms with Gasteiger partial charge in [-0.2, -0.15) is 0 Å². The van der Waals surface area contributed by atoms with E-state index in [1.54, 1.807) is 6.07 Å². The first-order chi connectivity index (χ1) is 9.85. The van der Waals surface area contributed by atoms with Crippen molar-refractivity contribution in [3.8, 4) is 0 Å². The van der Waals surface area contributed by atoms with Gasteiger partial charge in [-0.05, 0) is 53.1 Å². The third-order valence-corrected chi connectivity index (χ3v) is 4.51. The number of halogens is 1. The fourth-order valence-corrected chi connectivity index (χ4v) is 2.47. The number of hydrogen-bond acceptors (Lipinski definition) is 1. The van der Waals surface area contributed by atoms with Crippen LogP contribution in [0.1, 0.15) is 55.5 Å². The average molecular weight is 285 g/mol. The quantitative estimate of drug-likeness (QED) is 0.852. The maximum absolute atomic E-state index is 13.4. The topological polar surface area (TPSA) is 26.0 Å². The molecule has 0 radical (unpaired) electrons. The van der Waals surface area contributed by atoms with E-state index in [4.69, 9.17) is 5.73 Å². The molecule has 112 valence electrons. The van der Waals surface area contributed by atoms with Gasteiger partial charge in [0.15, 0.2) is 0 Å². The van der Waals surface area contributed by atoms with Gasteiger partial charge in [0.1, 0.15) is 5.82 Å². The third-order valence-electron chi connectivity index (χ3n) is 4.51. The van der Waals surface area contributed by atoms with Crippen molar-refractivity contribution in [2.75, 3.05) is 0 Å². The van der Waals surface area contributed by atoms with E-state index in [0.29, 0.717) is 0 Å². The maximum Gasteiger partial charge on any atom is 0.123 e. The van der Waals surface area contributed by atoms with Crippen LogP contribution in [0.2, 0.25) is 0 Å². The van der Waals surface area contributed by atoms with Crippen molar-refractivity contribution in [2.45, 2.75) is 45.6 Å². The summed E-state index contributed by atoms with van der Waals surface area (Å²) in [5.74, 6) is -0.241. The van der Waals surface area contributed by atoms with Gasteiger partial charge in [-0.15, -0.1) is 0 Å². The Morgan fingerprint density at radius 2 is 1.71 bits per heavy atom. The van der Waals surface area contributed by atoms with Crippen molar-refractivity contribution in [1.29, 1.82) is 0 Å². The van der Waals surface area contributed by atoms with Crippen LogP contribution >= 0.6 is 0 Å². The second-order valence-corrected chi connectivity index (χ2v) is 6.34. The van der Waals surface area contributed by atoms with Gasteiger partial charge >= 0.3 is 0 Å². The van der Waals surface area contributed by atoms with Crippen molar-refractivity contribution in [3.63, 3.8) is 0 Å². The lowest BCUT2D eigenvalue weighted by Gasteiger charge is -2.24. The summed E-state index contributed by atoms with van der Waals surface area (Å²) in [6.45, 7) is 8.62. The zero-order chi connectivity index (χ0) is 15.6. The van der Waals surface area contributed by atoms with Crippen LogP contribution in [0.5, 0.6) is 0 Å². The lowest BCUT2D eigenvalue weighted by Crippen LogP contribution is -2.17. The normalized spacial score (nSPS) is 13.2. The van der Waals surface area contributed by atoms with Gasteiger partial charge in [0.2, 0.25) is 0 Å². The van der Waals surface area contributed by atoms with Crippen LogP contribution in [0.25, 0.3) is 0 Å². The predicted octanol–water partition coefficient (Wildman–Crippen LogP) is 4.87. The molecule has 1 unspecified atom stereocenters. The number of aryl methyl sites for hydroxylation is 1. The predicted molar refractivity (Wildman–Crippen MR) is 86.9 cm³/mol. The van der Waals surface area contributed by atoms with Crippen molar-refractivity contribution < 1.29 is 4.39 Å². The van der Waals surface area contributed by atoms with Gasteiger partial charge in [-0.1, -0.05) is 51.1 Å². The van der Waals surface area contributed by atoms with Crippen molar-refractivity contribution in [2.24, 2.45) is 5.73 Å². The monoisotopic (exact) mass is 285 g/mol. The molecule has 1 nitrogen and oxygen atoms in total. The first-order valence-electron chi connectivity index (χ1n) is 7.47. The smallest absolute Gasteiger partial charge is 0.123 e. The van der Waals surface area contributed by atoms with Crippen molar-refractivity contribution in [1.82, 2.24) is 0 Å². The molecule has 0 saturated heterocycles. The Kier molecular flexibility index (Phi) is 4.48. The molecular formula is C19H24FN. The Balaban J connectivity index is 2.32. The lowest BCUT2D eigenvalue weighted by atomic mass is 9.81. The first-order valence-corrected chi connectivity index (χ1v) is 7.47. The van der Waals surface area contributed by atoms with Crippen molar-refractivity contribution >= 4 is 0 Å². The number of rotatable bonds is 4. The van der Waals surface area contributed by atoms with Gasteiger partial charge < -0.3 is 5.73 Å². The molecule has 0 saturated carbocycles. The summed E-state index contributed by atoms with van der Waals surface area (Å²) in [4.78, 5) is 0. The molecular weight excluding hydrogens is 261 g/mol. The maximum atomic E-state index is 13.4. The molecule has 2 heteroatoms.